The van der Waals surface area contributed by atoms with Crippen molar-refractivity contribution in [2.24, 2.45) is 5.41 Å². The summed E-state index contributed by atoms with van der Waals surface area (Å²) >= 11 is 6.02. The number of likely N-dealkylation sites (tertiary alicyclic amines) is 1. The van der Waals surface area contributed by atoms with Crippen LogP contribution in [0.3, 0.4) is 0 Å². The summed E-state index contributed by atoms with van der Waals surface area (Å²) in [5, 5.41) is 3.61. The van der Waals surface area contributed by atoms with Gasteiger partial charge < -0.3 is 5.32 Å². The molecule has 0 aromatic heterocycles. The normalized spacial score (nSPS) is 19.2. The van der Waals surface area contributed by atoms with Crippen molar-refractivity contribution in [3.8, 4) is 0 Å². The highest BCUT2D eigenvalue weighted by Crippen LogP contribution is 2.45. The number of nitrogens with zero attached hydrogens (tertiary/aromatic N) is 1. The zero-order valence-electron chi connectivity index (χ0n) is 16.8. The molecule has 1 aliphatic heterocycles. The summed E-state index contributed by atoms with van der Waals surface area (Å²) in [6.45, 7) is -0.240. The lowest BCUT2D eigenvalue weighted by Gasteiger charge is -2.30. The van der Waals surface area contributed by atoms with Gasteiger partial charge >= 0.3 is 0 Å². The molecule has 4 rings (SSSR count). The number of rotatable bonds is 5. The van der Waals surface area contributed by atoms with Crippen LogP contribution in [0.5, 0.6) is 0 Å². The lowest BCUT2D eigenvalue weighted by molar-refractivity contribution is -0.145. The van der Waals surface area contributed by atoms with E-state index >= 15 is 0 Å². The largest absolute Gasteiger partial charge is 0.344 e. The van der Waals surface area contributed by atoms with E-state index in [1.165, 1.54) is 0 Å². The molecular weight excluding hydrogens is 400 g/mol. The van der Waals surface area contributed by atoms with Gasteiger partial charge in [-0.15, -0.1) is 0 Å². The summed E-state index contributed by atoms with van der Waals surface area (Å²) < 4.78 is 0. The Morgan fingerprint density at radius 3 is 2.27 bits per heavy atom. The third kappa shape index (κ3) is 4.12. The highest BCUT2D eigenvalue weighted by atomic mass is 35.5. The Balaban J connectivity index is 1.51. The molecule has 30 heavy (non-hydrogen) atoms. The van der Waals surface area contributed by atoms with Gasteiger partial charge in [0.2, 0.25) is 17.7 Å². The van der Waals surface area contributed by atoms with Crippen molar-refractivity contribution in [2.75, 3.05) is 6.54 Å². The number of hydrogen-bond acceptors (Lipinski definition) is 3. The van der Waals surface area contributed by atoms with Crippen LogP contribution in [0.25, 0.3) is 0 Å². The molecule has 0 bridgehead atoms. The van der Waals surface area contributed by atoms with E-state index < -0.39 is 11.5 Å². The number of halogens is 1. The van der Waals surface area contributed by atoms with Gasteiger partial charge in [-0.3, -0.25) is 19.3 Å². The molecule has 6 heteroatoms. The molecule has 0 unspecified atom stereocenters. The lowest BCUT2D eigenvalue weighted by Crippen LogP contribution is -2.44. The number of hydrogen-bond donors (Lipinski definition) is 1. The van der Waals surface area contributed by atoms with Gasteiger partial charge in [-0.25, -0.2) is 0 Å². The average molecular weight is 425 g/mol. The van der Waals surface area contributed by atoms with Gasteiger partial charge in [0.05, 0.1) is 11.5 Å². The molecule has 156 valence electrons. The number of carbonyl (C=O) groups is 3. The van der Waals surface area contributed by atoms with Crippen molar-refractivity contribution in [3.63, 3.8) is 0 Å². The molecule has 2 aromatic rings. The monoisotopic (exact) mass is 424 g/mol. The first-order valence-electron chi connectivity index (χ1n) is 10.4. The van der Waals surface area contributed by atoms with Crippen molar-refractivity contribution in [1.29, 1.82) is 0 Å². The second-order valence-corrected chi connectivity index (χ2v) is 8.70. The predicted molar refractivity (Wildman–Crippen MR) is 115 cm³/mol. The van der Waals surface area contributed by atoms with Crippen LogP contribution in [0, 0.1) is 5.41 Å². The Labute approximate surface area is 181 Å². The molecule has 1 heterocycles. The van der Waals surface area contributed by atoms with Gasteiger partial charge in [0.25, 0.3) is 0 Å². The Morgan fingerprint density at radius 2 is 1.60 bits per heavy atom. The summed E-state index contributed by atoms with van der Waals surface area (Å²) in [6, 6.07) is 16.5. The molecule has 2 fully saturated rings. The van der Waals surface area contributed by atoms with E-state index in [1.807, 2.05) is 42.5 Å². The van der Waals surface area contributed by atoms with Crippen molar-refractivity contribution in [3.05, 3.63) is 70.7 Å². The topological polar surface area (TPSA) is 66.5 Å². The first kappa shape index (κ1) is 20.6. The molecule has 1 atom stereocenters. The zero-order chi connectivity index (χ0) is 21.1. The summed E-state index contributed by atoms with van der Waals surface area (Å²) in [4.78, 5) is 39.6. The van der Waals surface area contributed by atoms with Crippen molar-refractivity contribution in [1.82, 2.24) is 10.2 Å². The van der Waals surface area contributed by atoms with Crippen LogP contribution in [0.2, 0.25) is 5.02 Å². The van der Waals surface area contributed by atoms with E-state index in [9.17, 15) is 14.4 Å². The Morgan fingerprint density at radius 1 is 0.967 bits per heavy atom. The number of imide groups is 1. The number of benzene rings is 2. The fourth-order valence-corrected chi connectivity index (χ4v) is 4.78. The van der Waals surface area contributed by atoms with E-state index in [0.29, 0.717) is 5.02 Å². The summed E-state index contributed by atoms with van der Waals surface area (Å²) in [5.41, 5.74) is 1.21. The predicted octanol–water partition coefficient (Wildman–Crippen LogP) is 4.26. The molecule has 1 saturated heterocycles. The first-order chi connectivity index (χ1) is 14.5. The van der Waals surface area contributed by atoms with Crippen LogP contribution in [-0.4, -0.2) is 29.2 Å². The Bertz CT molecular complexity index is 937. The SMILES string of the molecule is O=C(CN1C(=O)CC2(CCCCC2)C1=O)N[C@@H](c1ccccc1)c1ccc(Cl)cc1. The third-order valence-electron chi connectivity index (χ3n) is 6.24. The van der Waals surface area contributed by atoms with Crippen molar-refractivity contribution in [2.45, 2.75) is 44.6 Å². The van der Waals surface area contributed by atoms with Crippen LogP contribution >= 0.6 is 11.6 Å². The van der Waals surface area contributed by atoms with Crippen LogP contribution in [0.4, 0.5) is 0 Å². The average Bonchev–Trinajstić information content (AvgIpc) is 2.98. The molecule has 1 N–H and O–H groups in total. The number of nitrogens with one attached hydrogen (secondary N) is 1. The minimum Gasteiger partial charge on any atom is -0.344 e. The minimum atomic E-state index is -0.579. The minimum absolute atomic E-state index is 0.176. The Hall–Kier alpha value is -2.66. The standard InChI is InChI=1S/C24H25ClN2O3/c25-19-11-9-18(10-12-19)22(17-7-3-1-4-8-17)26-20(28)16-27-21(29)15-24(23(27)30)13-5-2-6-14-24/h1,3-4,7-12,22H,2,5-6,13-16H2,(H,26,28)/t22-/m0/s1. The molecule has 5 nitrogen and oxygen atoms in total. The zero-order valence-corrected chi connectivity index (χ0v) is 17.5. The maximum atomic E-state index is 13.0. The van der Waals surface area contributed by atoms with Crippen molar-refractivity contribution < 1.29 is 14.4 Å². The third-order valence-corrected chi connectivity index (χ3v) is 6.50. The fraction of sp³-hybridized carbons (Fsp3) is 0.375. The van der Waals surface area contributed by atoms with E-state index in [2.05, 4.69) is 5.32 Å². The highest BCUT2D eigenvalue weighted by molar-refractivity contribution is 6.30. The van der Waals surface area contributed by atoms with E-state index in [4.69, 9.17) is 11.6 Å². The fourth-order valence-electron chi connectivity index (χ4n) is 4.65. The van der Waals surface area contributed by atoms with E-state index in [1.54, 1.807) is 12.1 Å². The smallest absolute Gasteiger partial charge is 0.240 e. The highest BCUT2D eigenvalue weighted by Gasteiger charge is 2.51. The summed E-state index contributed by atoms with van der Waals surface area (Å²) in [5.74, 6) is -0.765. The van der Waals surface area contributed by atoms with Gasteiger partial charge in [0, 0.05) is 11.4 Å². The second kappa shape index (κ2) is 8.60. The van der Waals surface area contributed by atoms with Crippen LogP contribution in [0.1, 0.15) is 55.7 Å². The van der Waals surface area contributed by atoms with Gasteiger partial charge in [-0.2, -0.15) is 0 Å². The number of amides is 3. The second-order valence-electron chi connectivity index (χ2n) is 8.27. The van der Waals surface area contributed by atoms with Gasteiger partial charge in [0.15, 0.2) is 0 Å². The summed E-state index contributed by atoms with van der Waals surface area (Å²) in [6.07, 6.45) is 4.75. The lowest BCUT2D eigenvalue weighted by atomic mass is 9.73. The quantitative estimate of drug-likeness (QED) is 0.729. The first-order valence-corrected chi connectivity index (χ1v) is 10.8. The maximum Gasteiger partial charge on any atom is 0.240 e. The van der Waals surface area contributed by atoms with Gasteiger partial charge in [-0.05, 0) is 36.1 Å². The molecule has 1 spiro atoms. The molecule has 0 radical (unpaired) electrons. The molecule has 1 saturated carbocycles. The van der Waals surface area contributed by atoms with Crippen molar-refractivity contribution >= 4 is 29.3 Å². The van der Waals surface area contributed by atoms with Crippen LogP contribution < -0.4 is 5.32 Å². The van der Waals surface area contributed by atoms with Crippen LogP contribution in [-0.2, 0) is 14.4 Å². The maximum absolute atomic E-state index is 13.0. The number of carbonyl (C=O) groups excluding carboxylic acids is 3. The van der Waals surface area contributed by atoms with Gasteiger partial charge in [-0.1, -0.05) is 73.3 Å². The van der Waals surface area contributed by atoms with Gasteiger partial charge in [0.1, 0.15) is 6.54 Å². The molecular formula is C24H25ClN2O3. The molecule has 2 aliphatic rings. The summed E-state index contributed by atoms with van der Waals surface area (Å²) in [7, 11) is 0. The van der Waals surface area contributed by atoms with E-state index in [-0.39, 0.29) is 30.7 Å². The Kier molecular flexibility index (Phi) is 5.91. The van der Waals surface area contributed by atoms with Crippen LogP contribution in [0.15, 0.2) is 54.6 Å². The van der Waals surface area contributed by atoms with E-state index in [0.717, 1.165) is 48.1 Å². The molecule has 2 aromatic carbocycles. The molecule has 1 aliphatic carbocycles. The molecule has 3 amide bonds.